The van der Waals surface area contributed by atoms with E-state index in [-0.39, 0.29) is 12.5 Å². The molecule has 0 aliphatic carbocycles. The summed E-state index contributed by atoms with van der Waals surface area (Å²) in [4.78, 5) is 20.2. The Morgan fingerprint density at radius 3 is 2.72 bits per heavy atom. The van der Waals surface area contributed by atoms with Crippen LogP contribution in [-0.2, 0) is 16.0 Å². The Morgan fingerprint density at radius 1 is 1.24 bits per heavy atom. The molecule has 8 heteroatoms. The Bertz CT molecular complexity index is 645. The van der Waals surface area contributed by atoms with E-state index >= 15 is 0 Å². The average molecular weight is 406 g/mol. The molecule has 0 radical (unpaired) electrons. The lowest BCUT2D eigenvalue weighted by atomic mass is 10.1. The van der Waals surface area contributed by atoms with Crippen LogP contribution in [0.1, 0.15) is 12.5 Å². The number of nitrogens with one attached hydrogen (secondary N) is 2. The molecule has 2 rings (SSSR count). The number of amides is 1. The number of aliphatic imine (C=N–C) groups is 1. The third kappa shape index (κ3) is 9.15. The average Bonchev–Trinajstić information content (AvgIpc) is 2.72. The number of ether oxygens (including phenoxy) is 2. The van der Waals surface area contributed by atoms with Gasteiger partial charge in [-0.1, -0.05) is 12.1 Å². The molecule has 2 N–H and O–H groups in total. The summed E-state index contributed by atoms with van der Waals surface area (Å²) in [5.41, 5.74) is 1.19. The summed E-state index contributed by atoms with van der Waals surface area (Å²) < 4.78 is 10.9. The highest BCUT2D eigenvalue weighted by atomic mass is 16.5. The first-order valence-corrected chi connectivity index (χ1v) is 10.3. The van der Waals surface area contributed by atoms with Crippen molar-refractivity contribution in [1.82, 2.24) is 20.4 Å². The molecule has 0 atom stereocenters. The molecule has 1 amide bonds. The molecule has 0 bridgehead atoms. The van der Waals surface area contributed by atoms with Crippen molar-refractivity contribution in [2.75, 3.05) is 73.2 Å². The van der Waals surface area contributed by atoms with E-state index in [1.54, 1.807) is 19.0 Å². The quantitative estimate of drug-likeness (QED) is 0.438. The lowest BCUT2D eigenvalue weighted by Gasteiger charge is -2.26. The third-order valence-electron chi connectivity index (χ3n) is 4.61. The Balaban J connectivity index is 1.83. The van der Waals surface area contributed by atoms with Crippen molar-refractivity contribution >= 4 is 11.9 Å². The topological polar surface area (TPSA) is 78.4 Å². The second-order valence-corrected chi connectivity index (χ2v) is 7.09. The van der Waals surface area contributed by atoms with Gasteiger partial charge in [0.15, 0.2) is 5.96 Å². The predicted octanol–water partition coefficient (Wildman–Crippen LogP) is 0.583. The number of rotatable bonds is 10. The highest BCUT2D eigenvalue weighted by Crippen LogP contribution is 2.13. The summed E-state index contributed by atoms with van der Waals surface area (Å²) in [7, 11) is 3.48. The van der Waals surface area contributed by atoms with Crippen molar-refractivity contribution in [2.24, 2.45) is 4.99 Å². The molecular weight excluding hydrogens is 370 g/mol. The lowest BCUT2D eigenvalue weighted by Crippen LogP contribution is -2.45. The van der Waals surface area contributed by atoms with Gasteiger partial charge >= 0.3 is 0 Å². The maximum Gasteiger partial charge on any atom is 0.243 e. The van der Waals surface area contributed by atoms with Gasteiger partial charge in [-0.3, -0.25) is 9.69 Å². The molecular formula is C21H35N5O3. The van der Waals surface area contributed by atoms with E-state index in [9.17, 15) is 4.79 Å². The van der Waals surface area contributed by atoms with Gasteiger partial charge in [-0.2, -0.15) is 0 Å². The van der Waals surface area contributed by atoms with Crippen molar-refractivity contribution < 1.29 is 14.3 Å². The van der Waals surface area contributed by atoms with Crippen molar-refractivity contribution in [3.8, 4) is 5.75 Å². The smallest absolute Gasteiger partial charge is 0.243 e. The molecule has 1 saturated heterocycles. The van der Waals surface area contributed by atoms with Crippen LogP contribution in [0.25, 0.3) is 0 Å². The number of nitrogens with zero attached hydrogens (tertiary/aromatic N) is 3. The molecule has 1 heterocycles. The minimum absolute atomic E-state index is 0.0244. The van der Waals surface area contributed by atoms with Gasteiger partial charge in [0.2, 0.25) is 5.91 Å². The van der Waals surface area contributed by atoms with Gasteiger partial charge in [0, 0.05) is 46.8 Å². The molecule has 0 saturated carbocycles. The second-order valence-electron chi connectivity index (χ2n) is 7.09. The van der Waals surface area contributed by atoms with E-state index in [0.29, 0.717) is 12.6 Å². The number of hydrogen-bond donors (Lipinski definition) is 2. The SMILES string of the molecule is CCOc1cccc(CCNC(=NCC(=O)N(C)C)NCCN2CCOCC2)c1. The summed E-state index contributed by atoms with van der Waals surface area (Å²) in [6, 6.07) is 8.12. The van der Waals surface area contributed by atoms with Crippen LogP contribution in [-0.4, -0.2) is 94.9 Å². The second kappa shape index (κ2) is 13.0. The summed E-state index contributed by atoms with van der Waals surface area (Å²) in [5.74, 6) is 1.53. The molecule has 0 unspecified atom stereocenters. The van der Waals surface area contributed by atoms with E-state index < -0.39 is 0 Å². The van der Waals surface area contributed by atoms with Crippen molar-refractivity contribution in [3.63, 3.8) is 0 Å². The molecule has 0 spiro atoms. The Kier molecular flexibility index (Phi) is 10.3. The molecule has 1 aromatic carbocycles. The molecule has 1 aliphatic heterocycles. The zero-order valence-electron chi connectivity index (χ0n) is 17.9. The monoisotopic (exact) mass is 405 g/mol. The maximum atomic E-state index is 11.9. The standard InChI is InChI=1S/C21H35N5O3/c1-4-29-19-7-5-6-18(16-19)8-9-22-21(24-17-20(27)25(2)3)23-10-11-26-12-14-28-15-13-26/h5-7,16H,4,8-15,17H2,1-3H3,(H2,22,23,24). The summed E-state index contributed by atoms with van der Waals surface area (Å²) >= 11 is 0. The Hall–Kier alpha value is -2.32. The maximum absolute atomic E-state index is 11.9. The van der Waals surface area contributed by atoms with E-state index in [2.05, 4.69) is 32.7 Å². The molecule has 8 nitrogen and oxygen atoms in total. The fourth-order valence-electron chi connectivity index (χ4n) is 2.90. The first-order valence-electron chi connectivity index (χ1n) is 10.3. The molecule has 162 valence electrons. The number of carbonyl (C=O) groups excluding carboxylic acids is 1. The molecule has 1 fully saturated rings. The highest BCUT2D eigenvalue weighted by Gasteiger charge is 2.10. The van der Waals surface area contributed by atoms with Crippen molar-refractivity contribution in [1.29, 1.82) is 0 Å². The summed E-state index contributed by atoms with van der Waals surface area (Å²) in [6.45, 7) is 8.65. The van der Waals surface area contributed by atoms with Crippen LogP contribution >= 0.6 is 0 Å². The van der Waals surface area contributed by atoms with Crippen LogP contribution in [0.5, 0.6) is 5.75 Å². The lowest BCUT2D eigenvalue weighted by molar-refractivity contribution is -0.127. The summed E-state index contributed by atoms with van der Waals surface area (Å²) in [5, 5.41) is 6.68. The van der Waals surface area contributed by atoms with E-state index in [0.717, 1.165) is 58.1 Å². The molecule has 1 aromatic rings. The van der Waals surface area contributed by atoms with Crippen LogP contribution in [0.3, 0.4) is 0 Å². The molecule has 1 aliphatic rings. The predicted molar refractivity (Wildman–Crippen MR) is 116 cm³/mol. The van der Waals surface area contributed by atoms with E-state index in [1.165, 1.54) is 5.56 Å². The van der Waals surface area contributed by atoms with E-state index in [1.807, 2.05) is 19.1 Å². The molecule has 0 aromatic heterocycles. The highest BCUT2D eigenvalue weighted by molar-refractivity contribution is 5.84. The number of guanidine groups is 1. The minimum atomic E-state index is -0.0244. The Morgan fingerprint density at radius 2 is 2.00 bits per heavy atom. The Labute approximate surface area is 174 Å². The number of carbonyl (C=O) groups is 1. The first-order chi connectivity index (χ1) is 14.1. The van der Waals surface area contributed by atoms with Crippen LogP contribution in [0, 0.1) is 0 Å². The van der Waals surface area contributed by atoms with Gasteiger partial charge in [-0.15, -0.1) is 0 Å². The normalized spacial score (nSPS) is 15.1. The number of hydrogen-bond acceptors (Lipinski definition) is 5. The number of likely N-dealkylation sites (N-methyl/N-ethyl adjacent to an activating group) is 1. The number of benzene rings is 1. The van der Waals surface area contributed by atoms with Gasteiger partial charge in [0.05, 0.1) is 19.8 Å². The third-order valence-corrected chi connectivity index (χ3v) is 4.61. The molecule has 29 heavy (non-hydrogen) atoms. The van der Waals surface area contributed by atoms with Gasteiger partial charge in [-0.25, -0.2) is 4.99 Å². The van der Waals surface area contributed by atoms with Gasteiger partial charge < -0.3 is 25.0 Å². The van der Waals surface area contributed by atoms with Gasteiger partial charge in [-0.05, 0) is 31.0 Å². The zero-order chi connectivity index (χ0) is 20.9. The van der Waals surface area contributed by atoms with Crippen molar-refractivity contribution in [2.45, 2.75) is 13.3 Å². The van der Waals surface area contributed by atoms with Crippen LogP contribution < -0.4 is 15.4 Å². The van der Waals surface area contributed by atoms with Gasteiger partial charge in [0.1, 0.15) is 12.3 Å². The zero-order valence-corrected chi connectivity index (χ0v) is 17.9. The van der Waals surface area contributed by atoms with Crippen molar-refractivity contribution in [3.05, 3.63) is 29.8 Å². The van der Waals surface area contributed by atoms with Crippen LogP contribution in [0.4, 0.5) is 0 Å². The van der Waals surface area contributed by atoms with Crippen LogP contribution in [0.2, 0.25) is 0 Å². The fraction of sp³-hybridized carbons (Fsp3) is 0.619. The fourth-order valence-corrected chi connectivity index (χ4v) is 2.90. The first kappa shape index (κ1) is 23.0. The minimum Gasteiger partial charge on any atom is -0.494 e. The van der Waals surface area contributed by atoms with Crippen LogP contribution in [0.15, 0.2) is 29.3 Å². The number of morpholine rings is 1. The van der Waals surface area contributed by atoms with Gasteiger partial charge in [0.25, 0.3) is 0 Å². The van der Waals surface area contributed by atoms with E-state index in [4.69, 9.17) is 9.47 Å². The largest absolute Gasteiger partial charge is 0.494 e. The summed E-state index contributed by atoms with van der Waals surface area (Å²) in [6.07, 6.45) is 0.840.